The van der Waals surface area contributed by atoms with Crippen LogP contribution in [0.5, 0.6) is 0 Å². The fourth-order valence-corrected chi connectivity index (χ4v) is 4.45. The SMILES string of the molecule is c1cc(Nc2nccs2)nc(C2CCCN2Cc2ccc3ncccc3c2)c1. The molecule has 0 spiro atoms. The largest absolute Gasteiger partial charge is 0.316 e. The Morgan fingerprint density at radius 1 is 1.07 bits per heavy atom. The van der Waals surface area contributed by atoms with Crippen LogP contribution in [0.25, 0.3) is 10.9 Å². The van der Waals surface area contributed by atoms with E-state index in [1.165, 1.54) is 17.4 Å². The number of pyridine rings is 2. The Hall–Kier alpha value is -2.83. The number of nitrogens with zero attached hydrogens (tertiary/aromatic N) is 4. The molecular formula is C22H21N5S. The molecule has 1 unspecified atom stereocenters. The molecule has 28 heavy (non-hydrogen) atoms. The van der Waals surface area contributed by atoms with Crippen LogP contribution >= 0.6 is 11.3 Å². The lowest BCUT2D eigenvalue weighted by Gasteiger charge is -2.24. The van der Waals surface area contributed by atoms with Crippen molar-refractivity contribution in [3.05, 3.63) is 77.6 Å². The summed E-state index contributed by atoms with van der Waals surface area (Å²) in [5.74, 6) is 0.857. The number of rotatable bonds is 5. The average molecular weight is 388 g/mol. The minimum atomic E-state index is 0.350. The molecule has 1 atom stereocenters. The van der Waals surface area contributed by atoms with Crippen LogP contribution < -0.4 is 5.32 Å². The molecule has 0 radical (unpaired) electrons. The van der Waals surface area contributed by atoms with Crippen LogP contribution in [0.2, 0.25) is 0 Å². The molecule has 1 fully saturated rings. The highest BCUT2D eigenvalue weighted by molar-refractivity contribution is 7.13. The second-order valence-electron chi connectivity index (χ2n) is 7.07. The molecule has 5 nitrogen and oxygen atoms in total. The van der Waals surface area contributed by atoms with E-state index in [1.54, 1.807) is 17.5 Å². The van der Waals surface area contributed by atoms with Gasteiger partial charge in [-0.15, -0.1) is 11.3 Å². The Morgan fingerprint density at radius 3 is 3.00 bits per heavy atom. The summed E-state index contributed by atoms with van der Waals surface area (Å²) in [7, 11) is 0. The quantitative estimate of drug-likeness (QED) is 0.512. The standard InChI is InChI=1S/C22H21N5S/c1-5-19(25-21(7-1)26-22-24-11-13-28-22)20-6-3-12-27(20)15-16-8-9-18-17(14-16)4-2-10-23-18/h1-2,4-5,7-11,13-14,20H,3,6,12,15H2,(H,24,25,26). The first-order valence-electron chi connectivity index (χ1n) is 9.56. The molecule has 1 saturated heterocycles. The van der Waals surface area contributed by atoms with Gasteiger partial charge in [-0.3, -0.25) is 9.88 Å². The van der Waals surface area contributed by atoms with Gasteiger partial charge in [0.25, 0.3) is 0 Å². The monoisotopic (exact) mass is 387 g/mol. The predicted octanol–water partition coefficient (Wildman–Crippen LogP) is 5.17. The van der Waals surface area contributed by atoms with Gasteiger partial charge in [-0.1, -0.05) is 18.2 Å². The molecule has 0 bridgehead atoms. The highest BCUT2D eigenvalue weighted by atomic mass is 32.1. The van der Waals surface area contributed by atoms with Gasteiger partial charge in [0.05, 0.1) is 17.3 Å². The zero-order valence-corrected chi connectivity index (χ0v) is 16.3. The average Bonchev–Trinajstić information content (AvgIpc) is 3.40. The number of thiazole rings is 1. The summed E-state index contributed by atoms with van der Waals surface area (Å²) in [6.45, 7) is 2.03. The Bertz CT molecular complexity index is 1080. The second kappa shape index (κ2) is 7.66. The van der Waals surface area contributed by atoms with Crippen molar-refractivity contribution in [2.45, 2.75) is 25.4 Å². The maximum Gasteiger partial charge on any atom is 0.188 e. The van der Waals surface area contributed by atoms with E-state index in [-0.39, 0.29) is 0 Å². The van der Waals surface area contributed by atoms with Gasteiger partial charge >= 0.3 is 0 Å². The predicted molar refractivity (Wildman–Crippen MR) is 114 cm³/mol. The highest BCUT2D eigenvalue weighted by Gasteiger charge is 2.27. The van der Waals surface area contributed by atoms with Crippen molar-refractivity contribution in [1.82, 2.24) is 19.9 Å². The Morgan fingerprint density at radius 2 is 2.07 bits per heavy atom. The molecular weight excluding hydrogens is 366 g/mol. The zero-order valence-electron chi connectivity index (χ0n) is 15.5. The van der Waals surface area contributed by atoms with Crippen LogP contribution in [0.3, 0.4) is 0 Å². The smallest absolute Gasteiger partial charge is 0.188 e. The minimum Gasteiger partial charge on any atom is -0.316 e. The van der Waals surface area contributed by atoms with E-state index in [0.717, 1.165) is 41.7 Å². The lowest BCUT2D eigenvalue weighted by molar-refractivity contribution is 0.244. The first kappa shape index (κ1) is 17.3. The third kappa shape index (κ3) is 3.61. The number of fused-ring (bicyclic) bond motifs is 1. The van der Waals surface area contributed by atoms with E-state index in [4.69, 9.17) is 4.98 Å². The summed E-state index contributed by atoms with van der Waals surface area (Å²) < 4.78 is 0. The normalized spacial score (nSPS) is 17.2. The van der Waals surface area contributed by atoms with Crippen molar-refractivity contribution in [3.63, 3.8) is 0 Å². The van der Waals surface area contributed by atoms with Crippen molar-refractivity contribution in [3.8, 4) is 0 Å². The number of nitrogens with one attached hydrogen (secondary N) is 1. The van der Waals surface area contributed by atoms with Gasteiger partial charge < -0.3 is 5.32 Å². The first-order chi connectivity index (χ1) is 13.8. The van der Waals surface area contributed by atoms with Crippen LogP contribution in [-0.2, 0) is 6.54 Å². The zero-order chi connectivity index (χ0) is 18.8. The fraction of sp³-hybridized carbons (Fsp3) is 0.227. The van der Waals surface area contributed by atoms with E-state index >= 15 is 0 Å². The summed E-state index contributed by atoms with van der Waals surface area (Å²) in [6, 6.07) is 17.3. The van der Waals surface area contributed by atoms with Gasteiger partial charge in [0.2, 0.25) is 0 Å². The summed E-state index contributed by atoms with van der Waals surface area (Å²) in [4.78, 5) is 16.1. The molecule has 4 aromatic rings. The van der Waals surface area contributed by atoms with E-state index in [9.17, 15) is 0 Å². The maximum atomic E-state index is 4.88. The van der Waals surface area contributed by atoms with Crippen LogP contribution in [0.4, 0.5) is 10.9 Å². The van der Waals surface area contributed by atoms with E-state index in [2.05, 4.69) is 56.6 Å². The van der Waals surface area contributed by atoms with Gasteiger partial charge in [-0.25, -0.2) is 9.97 Å². The number of hydrogen-bond acceptors (Lipinski definition) is 6. The van der Waals surface area contributed by atoms with Crippen LogP contribution in [0.15, 0.2) is 66.3 Å². The molecule has 1 aliphatic heterocycles. The van der Waals surface area contributed by atoms with Crippen molar-refractivity contribution in [2.24, 2.45) is 0 Å². The van der Waals surface area contributed by atoms with E-state index in [1.807, 2.05) is 23.7 Å². The Balaban J connectivity index is 1.36. The number of aromatic nitrogens is 3. The lowest BCUT2D eigenvalue weighted by atomic mass is 10.1. The molecule has 4 heterocycles. The van der Waals surface area contributed by atoms with Crippen LogP contribution in [0, 0.1) is 0 Å². The Kier molecular flexibility index (Phi) is 4.72. The number of benzene rings is 1. The molecule has 0 aliphatic carbocycles. The Labute approximate surface area is 168 Å². The van der Waals surface area contributed by atoms with Crippen molar-refractivity contribution in [2.75, 3.05) is 11.9 Å². The third-order valence-corrected chi connectivity index (χ3v) is 5.88. The molecule has 5 rings (SSSR count). The third-order valence-electron chi connectivity index (χ3n) is 5.20. The van der Waals surface area contributed by atoms with E-state index in [0.29, 0.717) is 6.04 Å². The molecule has 0 saturated carbocycles. The van der Waals surface area contributed by atoms with Crippen LogP contribution in [-0.4, -0.2) is 26.4 Å². The molecule has 1 aromatic carbocycles. The minimum absolute atomic E-state index is 0.350. The van der Waals surface area contributed by atoms with Gasteiger partial charge in [-0.2, -0.15) is 0 Å². The van der Waals surface area contributed by atoms with Crippen molar-refractivity contribution < 1.29 is 0 Å². The second-order valence-corrected chi connectivity index (χ2v) is 7.96. The number of likely N-dealkylation sites (tertiary alicyclic amines) is 1. The first-order valence-corrected chi connectivity index (χ1v) is 10.4. The summed E-state index contributed by atoms with van der Waals surface area (Å²) in [5.41, 5.74) is 3.50. The van der Waals surface area contributed by atoms with Gasteiger partial charge in [0, 0.05) is 29.7 Å². The topological polar surface area (TPSA) is 53.9 Å². The van der Waals surface area contributed by atoms with Crippen LogP contribution in [0.1, 0.15) is 30.1 Å². The number of anilines is 2. The summed E-state index contributed by atoms with van der Waals surface area (Å²) in [6.07, 6.45) is 5.99. The van der Waals surface area contributed by atoms with Crippen molar-refractivity contribution >= 4 is 33.2 Å². The van der Waals surface area contributed by atoms with E-state index < -0.39 is 0 Å². The maximum absolute atomic E-state index is 4.88. The van der Waals surface area contributed by atoms with Crippen molar-refractivity contribution in [1.29, 1.82) is 0 Å². The van der Waals surface area contributed by atoms with Gasteiger partial charge in [-0.05, 0) is 55.3 Å². The lowest BCUT2D eigenvalue weighted by Crippen LogP contribution is -2.23. The fourth-order valence-electron chi connectivity index (χ4n) is 3.91. The summed E-state index contributed by atoms with van der Waals surface area (Å²) in [5, 5.41) is 7.34. The van der Waals surface area contributed by atoms with Gasteiger partial charge in [0.15, 0.2) is 5.13 Å². The number of hydrogen-bond donors (Lipinski definition) is 1. The van der Waals surface area contributed by atoms with Gasteiger partial charge in [0.1, 0.15) is 5.82 Å². The molecule has 3 aromatic heterocycles. The molecule has 140 valence electrons. The molecule has 1 N–H and O–H groups in total. The molecule has 0 amide bonds. The molecule has 6 heteroatoms. The summed E-state index contributed by atoms with van der Waals surface area (Å²) >= 11 is 1.58. The highest BCUT2D eigenvalue weighted by Crippen LogP contribution is 2.33. The molecule has 1 aliphatic rings.